The molecule has 0 unspecified atom stereocenters. The first-order valence-corrected chi connectivity index (χ1v) is 11.7. The number of hydrogen-bond acceptors (Lipinski definition) is 4. The summed E-state index contributed by atoms with van der Waals surface area (Å²) < 4.78 is 26.1. The third kappa shape index (κ3) is 4.91. The van der Waals surface area contributed by atoms with Crippen LogP contribution in [0.2, 0.25) is 0 Å². The number of rotatable bonds is 6. The molecule has 2 heterocycles. The molecule has 0 spiro atoms. The van der Waals surface area contributed by atoms with E-state index in [9.17, 15) is 18.0 Å². The Morgan fingerprint density at radius 2 is 2.04 bits per heavy atom. The van der Waals surface area contributed by atoms with Crippen molar-refractivity contribution in [3.05, 3.63) is 24.3 Å². The van der Waals surface area contributed by atoms with Crippen molar-refractivity contribution in [3.8, 4) is 0 Å². The summed E-state index contributed by atoms with van der Waals surface area (Å²) in [5.74, 6) is -0.300. The summed E-state index contributed by atoms with van der Waals surface area (Å²) in [6, 6.07) is 7.31. The van der Waals surface area contributed by atoms with Crippen LogP contribution in [-0.2, 0) is 19.6 Å². The minimum absolute atomic E-state index is 0.110. The molecule has 28 heavy (non-hydrogen) atoms. The van der Waals surface area contributed by atoms with Gasteiger partial charge in [-0.15, -0.1) is 0 Å². The van der Waals surface area contributed by atoms with Crippen molar-refractivity contribution in [1.82, 2.24) is 4.31 Å². The number of nitrogens with zero attached hydrogens (tertiary/aromatic N) is 2. The number of carbonyl (C=O) groups excluding carboxylic acids is 2. The van der Waals surface area contributed by atoms with E-state index in [1.807, 2.05) is 25.1 Å². The molecule has 2 fully saturated rings. The van der Waals surface area contributed by atoms with Crippen LogP contribution in [0.1, 0.15) is 45.4 Å². The Labute approximate surface area is 167 Å². The van der Waals surface area contributed by atoms with E-state index in [2.05, 4.69) is 5.32 Å². The molecule has 0 radical (unpaired) electrons. The van der Waals surface area contributed by atoms with Crippen LogP contribution in [-0.4, -0.2) is 49.9 Å². The van der Waals surface area contributed by atoms with Gasteiger partial charge in [-0.2, -0.15) is 0 Å². The summed E-state index contributed by atoms with van der Waals surface area (Å²) >= 11 is 0. The second-order valence-electron chi connectivity index (χ2n) is 7.56. The standard InChI is InChI=1S/C20H29N3O4S/c1-2-13-28(26,27)22-11-6-7-16(15-22)20(25)21-17-8-5-9-18(14-17)23-12-4-3-10-19(23)24/h5,8-9,14,16H,2-4,6-7,10-13,15H2,1H3,(H,21,25)/t16-/m1/s1. The van der Waals surface area contributed by atoms with Crippen LogP contribution in [0.5, 0.6) is 0 Å². The van der Waals surface area contributed by atoms with Crippen molar-refractivity contribution in [2.45, 2.75) is 45.4 Å². The maximum Gasteiger partial charge on any atom is 0.228 e. The third-order valence-corrected chi connectivity index (χ3v) is 7.40. The Morgan fingerprint density at radius 1 is 1.21 bits per heavy atom. The van der Waals surface area contributed by atoms with Crippen LogP contribution in [0.3, 0.4) is 0 Å². The van der Waals surface area contributed by atoms with E-state index in [0.29, 0.717) is 44.5 Å². The SMILES string of the molecule is CCCS(=O)(=O)N1CCC[C@@H](C(=O)Nc2cccc(N3CCCCC3=O)c2)C1. The van der Waals surface area contributed by atoms with E-state index in [1.54, 1.807) is 11.0 Å². The predicted octanol–water partition coefficient (Wildman–Crippen LogP) is 2.59. The zero-order chi connectivity index (χ0) is 20.1. The monoisotopic (exact) mass is 407 g/mol. The van der Waals surface area contributed by atoms with E-state index >= 15 is 0 Å². The molecule has 3 rings (SSSR count). The molecular weight excluding hydrogens is 378 g/mol. The summed E-state index contributed by atoms with van der Waals surface area (Å²) in [5, 5.41) is 2.91. The maximum absolute atomic E-state index is 12.7. The van der Waals surface area contributed by atoms with E-state index in [4.69, 9.17) is 0 Å². The number of carbonyl (C=O) groups is 2. The first-order chi connectivity index (χ1) is 13.4. The maximum atomic E-state index is 12.7. The highest BCUT2D eigenvalue weighted by atomic mass is 32.2. The Hall–Kier alpha value is -1.93. The molecule has 8 heteroatoms. The Bertz CT molecular complexity index is 824. The Morgan fingerprint density at radius 3 is 2.79 bits per heavy atom. The fraction of sp³-hybridized carbons (Fsp3) is 0.600. The fourth-order valence-electron chi connectivity index (χ4n) is 3.87. The summed E-state index contributed by atoms with van der Waals surface area (Å²) in [5.41, 5.74) is 1.42. The summed E-state index contributed by atoms with van der Waals surface area (Å²) in [4.78, 5) is 26.6. The van der Waals surface area contributed by atoms with Gasteiger partial charge in [-0.1, -0.05) is 13.0 Å². The van der Waals surface area contributed by atoms with Gasteiger partial charge in [0.1, 0.15) is 0 Å². The average Bonchev–Trinajstić information content (AvgIpc) is 2.68. The third-order valence-electron chi connectivity index (χ3n) is 5.36. The van der Waals surface area contributed by atoms with Crippen molar-refractivity contribution in [2.75, 3.05) is 35.6 Å². The summed E-state index contributed by atoms with van der Waals surface area (Å²) in [7, 11) is -3.29. The predicted molar refractivity (Wildman–Crippen MR) is 110 cm³/mol. The van der Waals surface area contributed by atoms with Crippen LogP contribution in [0.25, 0.3) is 0 Å². The van der Waals surface area contributed by atoms with Gasteiger partial charge in [0.25, 0.3) is 0 Å². The van der Waals surface area contributed by atoms with E-state index in [-0.39, 0.29) is 30.0 Å². The zero-order valence-electron chi connectivity index (χ0n) is 16.4. The molecule has 154 valence electrons. The summed E-state index contributed by atoms with van der Waals surface area (Å²) in [6.07, 6.45) is 4.38. The Balaban J connectivity index is 1.66. The van der Waals surface area contributed by atoms with Crippen LogP contribution in [0.4, 0.5) is 11.4 Å². The lowest BCUT2D eigenvalue weighted by Crippen LogP contribution is -2.44. The zero-order valence-corrected chi connectivity index (χ0v) is 17.2. The smallest absolute Gasteiger partial charge is 0.228 e. The molecule has 1 N–H and O–H groups in total. The molecule has 2 aliphatic heterocycles. The molecular formula is C20H29N3O4S. The van der Waals surface area contributed by atoms with Gasteiger partial charge in [-0.3, -0.25) is 9.59 Å². The van der Waals surface area contributed by atoms with E-state index < -0.39 is 10.0 Å². The van der Waals surface area contributed by atoms with Crippen molar-refractivity contribution < 1.29 is 18.0 Å². The number of benzene rings is 1. The van der Waals surface area contributed by atoms with Crippen molar-refractivity contribution in [1.29, 1.82) is 0 Å². The van der Waals surface area contributed by atoms with Gasteiger partial charge in [0.2, 0.25) is 21.8 Å². The molecule has 1 aromatic rings. The number of sulfonamides is 1. The Kier molecular flexibility index (Phi) is 6.72. The second-order valence-corrected chi connectivity index (χ2v) is 9.64. The van der Waals surface area contributed by atoms with Crippen LogP contribution in [0, 0.1) is 5.92 Å². The number of amides is 2. The first kappa shape index (κ1) is 20.8. The quantitative estimate of drug-likeness (QED) is 0.785. The lowest BCUT2D eigenvalue weighted by atomic mass is 9.98. The minimum Gasteiger partial charge on any atom is -0.326 e. The highest BCUT2D eigenvalue weighted by Crippen LogP contribution is 2.26. The number of hydrogen-bond donors (Lipinski definition) is 1. The molecule has 0 bridgehead atoms. The van der Waals surface area contributed by atoms with E-state index in [0.717, 1.165) is 18.5 Å². The fourth-order valence-corrected chi connectivity index (χ4v) is 5.46. The number of nitrogens with one attached hydrogen (secondary N) is 1. The van der Waals surface area contributed by atoms with Gasteiger partial charge >= 0.3 is 0 Å². The van der Waals surface area contributed by atoms with Gasteiger partial charge in [-0.05, 0) is 50.3 Å². The highest BCUT2D eigenvalue weighted by Gasteiger charge is 2.32. The van der Waals surface area contributed by atoms with Gasteiger partial charge in [0.05, 0.1) is 11.7 Å². The molecule has 1 aromatic carbocycles. The molecule has 2 saturated heterocycles. The number of piperidine rings is 2. The second kappa shape index (κ2) is 9.05. The summed E-state index contributed by atoms with van der Waals surface area (Å²) in [6.45, 7) is 3.26. The topological polar surface area (TPSA) is 86.8 Å². The van der Waals surface area contributed by atoms with Crippen molar-refractivity contribution in [2.24, 2.45) is 5.92 Å². The normalized spacial score (nSPS) is 21.5. The first-order valence-electron chi connectivity index (χ1n) is 10.1. The average molecular weight is 408 g/mol. The molecule has 0 aromatic heterocycles. The van der Waals surface area contributed by atoms with Gasteiger partial charge in [0.15, 0.2) is 0 Å². The molecule has 2 aliphatic rings. The lowest BCUT2D eigenvalue weighted by molar-refractivity contribution is -0.121. The van der Waals surface area contributed by atoms with Crippen molar-refractivity contribution in [3.63, 3.8) is 0 Å². The van der Waals surface area contributed by atoms with Crippen molar-refractivity contribution >= 4 is 33.2 Å². The minimum atomic E-state index is -3.29. The van der Waals surface area contributed by atoms with Gasteiger partial charge in [0, 0.05) is 37.4 Å². The number of anilines is 2. The van der Waals surface area contributed by atoms with Crippen LogP contribution in [0.15, 0.2) is 24.3 Å². The van der Waals surface area contributed by atoms with Crippen LogP contribution < -0.4 is 10.2 Å². The molecule has 7 nitrogen and oxygen atoms in total. The lowest BCUT2D eigenvalue weighted by Gasteiger charge is -2.31. The largest absolute Gasteiger partial charge is 0.326 e. The van der Waals surface area contributed by atoms with Crippen LogP contribution >= 0.6 is 0 Å². The van der Waals surface area contributed by atoms with Gasteiger partial charge in [-0.25, -0.2) is 12.7 Å². The molecule has 0 aliphatic carbocycles. The molecule has 0 saturated carbocycles. The highest BCUT2D eigenvalue weighted by molar-refractivity contribution is 7.89. The van der Waals surface area contributed by atoms with E-state index in [1.165, 1.54) is 4.31 Å². The van der Waals surface area contributed by atoms with Gasteiger partial charge < -0.3 is 10.2 Å². The molecule has 2 amide bonds. The molecule has 1 atom stereocenters.